The number of fused-ring (bicyclic) bond motifs is 4. The van der Waals surface area contributed by atoms with E-state index in [1.165, 1.54) is 32.1 Å². The summed E-state index contributed by atoms with van der Waals surface area (Å²) in [7, 11) is 0. The number of hydrogen-bond donors (Lipinski definition) is 1. The van der Waals surface area contributed by atoms with Crippen LogP contribution in [0, 0.1) is 11.8 Å². The largest absolute Gasteiger partial charge is 0.449 e. The molecule has 3 heterocycles. The number of likely N-dealkylation sites (tertiary alicyclic amines) is 1. The van der Waals surface area contributed by atoms with Crippen molar-refractivity contribution in [3.63, 3.8) is 0 Å². The number of piperidine rings is 1. The maximum absolute atomic E-state index is 12.4. The van der Waals surface area contributed by atoms with Gasteiger partial charge in [-0.3, -0.25) is 9.69 Å². The Morgan fingerprint density at radius 1 is 1.16 bits per heavy atom. The van der Waals surface area contributed by atoms with Crippen molar-refractivity contribution in [1.29, 1.82) is 0 Å². The minimum atomic E-state index is -0.177. The van der Waals surface area contributed by atoms with Crippen molar-refractivity contribution >= 4 is 22.1 Å². The second kappa shape index (κ2) is 5.99. The molecule has 2 aliphatic rings. The molecule has 2 atom stereocenters. The fourth-order valence-electron chi connectivity index (χ4n) is 4.75. The first-order chi connectivity index (χ1) is 12.3. The lowest BCUT2D eigenvalue weighted by Gasteiger charge is -2.41. The Labute approximate surface area is 146 Å². The molecular weight excluding hydrogens is 314 g/mol. The highest BCUT2D eigenvalue weighted by Crippen LogP contribution is 2.36. The summed E-state index contributed by atoms with van der Waals surface area (Å²) in [5, 5.41) is 0.913. The Morgan fingerprint density at radius 2 is 2.00 bits per heavy atom. The lowest BCUT2D eigenvalue weighted by Crippen LogP contribution is -2.41. The molecule has 25 heavy (non-hydrogen) atoms. The molecule has 0 spiro atoms. The maximum Gasteiger partial charge on any atom is 0.294 e. The summed E-state index contributed by atoms with van der Waals surface area (Å²) in [4.78, 5) is 22.5. The van der Waals surface area contributed by atoms with Crippen LogP contribution in [0.25, 0.3) is 22.1 Å². The highest BCUT2D eigenvalue weighted by atomic mass is 16.3. The van der Waals surface area contributed by atoms with Crippen LogP contribution in [-0.2, 0) is 6.54 Å². The van der Waals surface area contributed by atoms with Gasteiger partial charge in [-0.1, -0.05) is 31.4 Å². The summed E-state index contributed by atoms with van der Waals surface area (Å²) in [6.45, 7) is 2.96. The Morgan fingerprint density at radius 3 is 2.92 bits per heavy atom. The number of para-hydroxylation sites is 1. The van der Waals surface area contributed by atoms with E-state index in [9.17, 15) is 4.79 Å². The number of furan rings is 1. The Balaban J connectivity index is 1.45. The molecule has 0 unspecified atom stereocenters. The van der Waals surface area contributed by atoms with Gasteiger partial charge in [0, 0.05) is 11.9 Å². The third-order valence-corrected chi connectivity index (χ3v) is 6.03. The number of rotatable bonds is 2. The van der Waals surface area contributed by atoms with E-state index in [1.807, 2.05) is 24.3 Å². The van der Waals surface area contributed by atoms with E-state index in [0.29, 0.717) is 17.6 Å². The molecule has 2 aromatic heterocycles. The van der Waals surface area contributed by atoms with Gasteiger partial charge in [-0.05, 0) is 43.4 Å². The van der Waals surface area contributed by atoms with Crippen molar-refractivity contribution in [3.05, 3.63) is 40.4 Å². The van der Waals surface area contributed by atoms with E-state index in [-0.39, 0.29) is 5.56 Å². The SMILES string of the molecule is O=c1[nH]c(CN2CC[C@@H]3CCCC[C@@H]3C2)nc2c1oc1ccccc12. The normalized spacial score (nSPS) is 24.6. The number of aromatic amines is 1. The van der Waals surface area contributed by atoms with Crippen LogP contribution >= 0.6 is 0 Å². The van der Waals surface area contributed by atoms with Gasteiger partial charge in [0.15, 0.2) is 0 Å². The molecule has 3 aromatic rings. The first-order valence-electron chi connectivity index (χ1n) is 9.41. The van der Waals surface area contributed by atoms with Crippen LogP contribution in [0.2, 0.25) is 0 Å². The van der Waals surface area contributed by atoms with Gasteiger partial charge in [-0.25, -0.2) is 4.98 Å². The quantitative estimate of drug-likeness (QED) is 0.775. The van der Waals surface area contributed by atoms with Crippen molar-refractivity contribution in [2.24, 2.45) is 11.8 Å². The summed E-state index contributed by atoms with van der Waals surface area (Å²) >= 11 is 0. The summed E-state index contributed by atoms with van der Waals surface area (Å²) in [5.74, 6) is 2.49. The van der Waals surface area contributed by atoms with Gasteiger partial charge in [0.1, 0.15) is 16.9 Å². The highest BCUT2D eigenvalue weighted by Gasteiger charge is 2.31. The van der Waals surface area contributed by atoms with Crippen molar-refractivity contribution < 1.29 is 4.42 Å². The highest BCUT2D eigenvalue weighted by molar-refractivity contribution is 6.01. The number of nitrogens with zero attached hydrogens (tertiary/aromatic N) is 2. The summed E-state index contributed by atoms with van der Waals surface area (Å²) in [5.41, 5.74) is 1.55. The molecular formula is C20H23N3O2. The smallest absolute Gasteiger partial charge is 0.294 e. The lowest BCUT2D eigenvalue weighted by molar-refractivity contribution is 0.0803. The monoisotopic (exact) mass is 337 g/mol. The van der Waals surface area contributed by atoms with E-state index < -0.39 is 0 Å². The molecule has 5 nitrogen and oxygen atoms in total. The average molecular weight is 337 g/mol. The van der Waals surface area contributed by atoms with Gasteiger partial charge in [0.05, 0.1) is 6.54 Å². The molecule has 130 valence electrons. The van der Waals surface area contributed by atoms with Gasteiger partial charge < -0.3 is 9.40 Å². The van der Waals surface area contributed by atoms with Gasteiger partial charge in [0.25, 0.3) is 5.56 Å². The van der Waals surface area contributed by atoms with Crippen molar-refractivity contribution in [1.82, 2.24) is 14.9 Å². The zero-order valence-corrected chi connectivity index (χ0v) is 14.3. The second-order valence-electron chi connectivity index (χ2n) is 7.62. The van der Waals surface area contributed by atoms with Crippen LogP contribution < -0.4 is 5.56 Å². The van der Waals surface area contributed by atoms with E-state index in [4.69, 9.17) is 9.40 Å². The predicted octanol–water partition coefficient (Wildman–Crippen LogP) is 3.68. The van der Waals surface area contributed by atoms with Gasteiger partial charge in [-0.2, -0.15) is 0 Å². The van der Waals surface area contributed by atoms with E-state index in [2.05, 4.69) is 9.88 Å². The second-order valence-corrected chi connectivity index (χ2v) is 7.62. The number of nitrogens with one attached hydrogen (secondary N) is 1. The van der Waals surface area contributed by atoms with Crippen LogP contribution in [0.15, 0.2) is 33.5 Å². The molecule has 0 radical (unpaired) electrons. The topological polar surface area (TPSA) is 62.1 Å². The molecule has 2 fully saturated rings. The fraction of sp³-hybridized carbons (Fsp3) is 0.500. The third kappa shape index (κ3) is 2.67. The average Bonchev–Trinajstić information content (AvgIpc) is 3.01. The molecule has 0 amide bonds. The zero-order chi connectivity index (χ0) is 16.8. The Bertz CT molecular complexity index is 974. The number of aromatic nitrogens is 2. The number of benzene rings is 1. The van der Waals surface area contributed by atoms with Crippen molar-refractivity contribution in [2.75, 3.05) is 13.1 Å². The van der Waals surface area contributed by atoms with Gasteiger partial charge in [-0.15, -0.1) is 0 Å². The van der Waals surface area contributed by atoms with Crippen LogP contribution in [0.1, 0.15) is 37.9 Å². The van der Waals surface area contributed by atoms with Crippen LogP contribution in [-0.4, -0.2) is 28.0 Å². The lowest BCUT2D eigenvalue weighted by atomic mass is 9.75. The first kappa shape index (κ1) is 15.1. The summed E-state index contributed by atoms with van der Waals surface area (Å²) in [6, 6.07) is 7.71. The molecule has 1 saturated heterocycles. The molecule has 1 aliphatic carbocycles. The Hall–Kier alpha value is -2.14. The molecule has 1 aromatic carbocycles. The standard InChI is InChI=1S/C20H23N3O2/c24-20-19-18(15-7-3-4-8-16(15)25-19)21-17(22-20)12-23-10-9-13-5-1-2-6-14(13)11-23/h3-4,7-8,13-14H,1-2,5-6,9-12H2,(H,21,22,24)/t13-,14+/m0/s1. The fourth-order valence-corrected chi connectivity index (χ4v) is 4.75. The van der Waals surface area contributed by atoms with Crippen LogP contribution in [0.5, 0.6) is 0 Å². The maximum atomic E-state index is 12.4. The summed E-state index contributed by atoms with van der Waals surface area (Å²) < 4.78 is 5.68. The van der Waals surface area contributed by atoms with E-state index in [1.54, 1.807) is 0 Å². The molecule has 1 N–H and O–H groups in total. The van der Waals surface area contributed by atoms with Crippen LogP contribution in [0.4, 0.5) is 0 Å². The van der Waals surface area contributed by atoms with E-state index >= 15 is 0 Å². The third-order valence-electron chi connectivity index (χ3n) is 6.03. The number of hydrogen-bond acceptors (Lipinski definition) is 4. The zero-order valence-electron chi connectivity index (χ0n) is 14.3. The summed E-state index contributed by atoms with van der Waals surface area (Å²) in [6.07, 6.45) is 6.82. The Kier molecular flexibility index (Phi) is 3.63. The van der Waals surface area contributed by atoms with Gasteiger partial charge in [0.2, 0.25) is 5.58 Å². The first-order valence-corrected chi connectivity index (χ1v) is 9.41. The molecule has 1 saturated carbocycles. The van der Waals surface area contributed by atoms with Crippen molar-refractivity contribution in [2.45, 2.75) is 38.6 Å². The minimum Gasteiger partial charge on any atom is -0.449 e. The van der Waals surface area contributed by atoms with E-state index in [0.717, 1.165) is 41.7 Å². The minimum absolute atomic E-state index is 0.177. The molecule has 1 aliphatic heterocycles. The number of H-pyrrole nitrogens is 1. The van der Waals surface area contributed by atoms with Crippen molar-refractivity contribution in [3.8, 4) is 0 Å². The molecule has 0 bridgehead atoms. The molecule has 5 rings (SSSR count). The van der Waals surface area contributed by atoms with Gasteiger partial charge >= 0.3 is 0 Å². The molecule has 5 heteroatoms. The van der Waals surface area contributed by atoms with Crippen LogP contribution in [0.3, 0.4) is 0 Å². The predicted molar refractivity (Wildman–Crippen MR) is 97.5 cm³/mol.